The predicted octanol–water partition coefficient (Wildman–Crippen LogP) is 3.25. The van der Waals surface area contributed by atoms with Gasteiger partial charge in [-0.15, -0.1) is 0 Å². The van der Waals surface area contributed by atoms with Gasteiger partial charge in [-0.3, -0.25) is 0 Å². The molecular weight excluding hydrogens is 226 g/mol. The average Bonchev–Trinajstić information content (AvgIpc) is 2.40. The minimum Gasteiger partial charge on any atom is -0.490 e. The number of nitrogen functional groups attached to an aromatic ring is 1. The van der Waals surface area contributed by atoms with Crippen molar-refractivity contribution in [3.8, 4) is 11.5 Å². The van der Waals surface area contributed by atoms with E-state index in [1.807, 2.05) is 55.5 Å². The molecule has 0 aliphatic heterocycles. The van der Waals surface area contributed by atoms with Gasteiger partial charge in [0.25, 0.3) is 0 Å². The largest absolute Gasteiger partial charge is 0.490 e. The molecule has 2 N–H and O–H groups in total. The molecule has 0 heterocycles. The summed E-state index contributed by atoms with van der Waals surface area (Å²) >= 11 is 0. The first-order valence-electron chi connectivity index (χ1n) is 5.99. The van der Waals surface area contributed by atoms with Gasteiger partial charge in [0.1, 0.15) is 6.61 Å². The van der Waals surface area contributed by atoms with Crippen LogP contribution in [0.3, 0.4) is 0 Å². The third kappa shape index (κ3) is 2.94. The van der Waals surface area contributed by atoms with Crippen molar-refractivity contribution in [2.24, 2.45) is 0 Å². The Morgan fingerprint density at radius 2 is 1.50 bits per heavy atom. The Morgan fingerprint density at radius 3 is 2.17 bits per heavy atom. The second-order valence-corrected chi connectivity index (χ2v) is 3.87. The highest BCUT2D eigenvalue weighted by Crippen LogP contribution is 2.27. The first-order chi connectivity index (χ1) is 8.81. The van der Waals surface area contributed by atoms with Crippen molar-refractivity contribution in [2.75, 3.05) is 12.3 Å². The lowest BCUT2D eigenvalue weighted by atomic mass is 10.2. The molecule has 3 nitrogen and oxygen atoms in total. The number of hydrogen-bond donors (Lipinski definition) is 1. The van der Waals surface area contributed by atoms with Gasteiger partial charge in [0.2, 0.25) is 0 Å². The standard InChI is InChI=1S/C15H17NO2/c1-2-17-14-9-5-6-10-15(14)18-11-12-7-3-4-8-13(12)16/h3-10H,2,11,16H2,1H3. The number of anilines is 1. The number of ether oxygens (including phenoxy) is 2. The lowest BCUT2D eigenvalue weighted by molar-refractivity contribution is 0.269. The van der Waals surface area contributed by atoms with Crippen LogP contribution in [-0.2, 0) is 6.61 Å². The van der Waals surface area contributed by atoms with E-state index in [4.69, 9.17) is 15.2 Å². The Morgan fingerprint density at radius 1 is 0.889 bits per heavy atom. The van der Waals surface area contributed by atoms with E-state index in [1.54, 1.807) is 0 Å². The van der Waals surface area contributed by atoms with E-state index in [2.05, 4.69) is 0 Å². The summed E-state index contributed by atoms with van der Waals surface area (Å²) in [4.78, 5) is 0. The molecule has 0 saturated carbocycles. The van der Waals surface area contributed by atoms with Gasteiger partial charge >= 0.3 is 0 Å². The molecule has 18 heavy (non-hydrogen) atoms. The number of nitrogens with two attached hydrogens (primary N) is 1. The maximum atomic E-state index is 5.87. The molecule has 0 saturated heterocycles. The third-order valence-corrected chi connectivity index (χ3v) is 2.59. The summed E-state index contributed by atoms with van der Waals surface area (Å²) < 4.78 is 11.3. The van der Waals surface area contributed by atoms with Crippen molar-refractivity contribution in [3.63, 3.8) is 0 Å². The van der Waals surface area contributed by atoms with Gasteiger partial charge in [0.15, 0.2) is 11.5 Å². The fourth-order valence-electron chi connectivity index (χ4n) is 1.67. The molecule has 2 aromatic carbocycles. The van der Waals surface area contributed by atoms with Gasteiger partial charge in [-0.1, -0.05) is 30.3 Å². The monoisotopic (exact) mass is 243 g/mol. The summed E-state index contributed by atoms with van der Waals surface area (Å²) in [6, 6.07) is 15.3. The van der Waals surface area contributed by atoms with Crippen molar-refractivity contribution in [2.45, 2.75) is 13.5 Å². The summed E-state index contributed by atoms with van der Waals surface area (Å²) in [5.41, 5.74) is 7.59. The summed E-state index contributed by atoms with van der Waals surface area (Å²) in [6.45, 7) is 3.01. The Bertz CT molecular complexity index is 511. The molecule has 0 aliphatic carbocycles. The molecule has 0 radical (unpaired) electrons. The van der Waals surface area contributed by atoms with Gasteiger partial charge in [-0.2, -0.15) is 0 Å². The quantitative estimate of drug-likeness (QED) is 0.820. The van der Waals surface area contributed by atoms with Crippen molar-refractivity contribution >= 4 is 5.69 Å². The lowest BCUT2D eigenvalue weighted by Gasteiger charge is -2.12. The molecule has 0 unspecified atom stereocenters. The van der Waals surface area contributed by atoms with Crippen LogP contribution in [0.15, 0.2) is 48.5 Å². The van der Waals surface area contributed by atoms with E-state index in [-0.39, 0.29) is 0 Å². The molecule has 0 atom stereocenters. The van der Waals surface area contributed by atoms with Crippen molar-refractivity contribution in [3.05, 3.63) is 54.1 Å². The van der Waals surface area contributed by atoms with Gasteiger partial charge < -0.3 is 15.2 Å². The van der Waals surface area contributed by atoms with Crippen LogP contribution in [0, 0.1) is 0 Å². The first-order valence-corrected chi connectivity index (χ1v) is 5.99. The molecule has 0 amide bonds. The minimum absolute atomic E-state index is 0.441. The van der Waals surface area contributed by atoms with E-state index >= 15 is 0 Å². The Kier molecular flexibility index (Phi) is 4.07. The van der Waals surface area contributed by atoms with Crippen LogP contribution in [0.2, 0.25) is 0 Å². The van der Waals surface area contributed by atoms with E-state index in [0.717, 1.165) is 22.7 Å². The van der Waals surface area contributed by atoms with Crippen LogP contribution in [-0.4, -0.2) is 6.61 Å². The lowest BCUT2D eigenvalue weighted by Crippen LogP contribution is -2.01. The van der Waals surface area contributed by atoms with Crippen LogP contribution < -0.4 is 15.2 Å². The van der Waals surface area contributed by atoms with E-state index in [9.17, 15) is 0 Å². The number of para-hydroxylation sites is 3. The van der Waals surface area contributed by atoms with Crippen LogP contribution in [0.5, 0.6) is 11.5 Å². The third-order valence-electron chi connectivity index (χ3n) is 2.59. The fraction of sp³-hybridized carbons (Fsp3) is 0.200. The summed E-state index contributed by atoms with van der Waals surface area (Å²) in [5.74, 6) is 1.50. The molecule has 0 fully saturated rings. The molecule has 94 valence electrons. The molecule has 0 bridgehead atoms. The van der Waals surface area contributed by atoms with Gasteiger partial charge in [-0.25, -0.2) is 0 Å². The average molecular weight is 243 g/mol. The highest BCUT2D eigenvalue weighted by atomic mass is 16.5. The molecular formula is C15H17NO2. The maximum Gasteiger partial charge on any atom is 0.161 e. The number of rotatable bonds is 5. The van der Waals surface area contributed by atoms with Crippen LogP contribution >= 0.6 is 0 Å². The summed E-state index contributed by atoms with van der Waals surface area (Å²) in [7, 11) is 0. The highest BCUT2D eigenvalue weighted by molar-refractivity contribution is 5.46. The zero-order chi connectivity index (χ0) is 12.8. The van der Waals surface area contributed by atoms with Gasteiger partial charge in [-0.05, 0) is 25.1 Å². The predicted molar refractivity (Wildman–Crippen MR) is 72.8 cm³/mol. The molecule has 0 aliphatic rings. The van der Waals surface area contributed by atoms with E-state index < -0.39 is 0 Å². The molecule has 2 aromatic rings. The molecule has 2 rings (SSSR count). The number of hydrogen-bond acceptors (Lipinski definition) is 3. The SMILES string of the molecule is CCOc1ccccc1OCc1ccccc1N. The Balaban J connectivity index is 2.08. The second-order valence-electron chi connectivity index (χ2n) is 3.87. The van der Waals surface area contributed by atoms with E-state index in [0.29, 0.717) is 13.2 Å². The molecule has 0 aromatic heterocycles. The second kappa shape index (κ2) is 5.96. The minimum atomic E-state index is 0.441. The van der Waals surface area contributed by atoms with Crippen molar-refractivity contribution in [1.82, 2.24) is 0 Å². The van der Waals surface area contributed by atoms with Crippen LogP contribution in [0.4, 0.5) is 5.69 Å². The zero-order valence-corrected chi connectivity index (χ0v) is 10.4. The zero-order valence-electron chi connectivity index (χ0n) is 10.4. The Labute approximate surface area is 107 Å². The van der Waals surface area contributed by atoms with Gasteiger partial charge in [0, 0.05) is 11.3 Å². The van der Waals surface area contributed by atoms with Crippen LogP contribution in [0.1, 0.15) is 12.5 Å². The molecule has 3 heteroatoms. The summed E-state index contributed by atoms with van der Waals surface area (Å²) in [6.07, 6.45) is 0. The fourth-order valence-corrected chi connectivity index (χ4v) is 1.67. The number of benzene rings is 2. The van der Waals surface area contributed by atoms with Gasteiger partial charge in [0.05, 0.1) is 6.61 Å². The highest BCUT2D eigenvalue weighted by Gasteiger charge is 2.04. The van der Waals surface area contributed by atoms with Crippen molar-refractivity contribution in [1.29, 1.82) is 0 Å². The molecule has 0 spiro atoms. The Hall–Kier alpha value is -2.16. The normalized spacial score (nSPS) is 10.1. The smallest absolute Gasteiger partial charge is 0.161 e. The first kappa shape index (κ1) is 12.3. The maximum absolute atomic E-state index is 5.87. The van der Waals surface area contributed by atoms with E-state index in [1.165, 1.54) is 0 Å². The summed E-state index contributed by atoms with van der Waals surface area (Å²) in [5, 5.41) is 0. The topological polar surface area (TPSA) is 44.5 Å². The van der Waals surface area contributed by atoms with Crippen molar-refractivity contribution < 1.29 is 9.47 Å². The van der Waals surface area contributed by atoms with Crippen LogP contribution in [0.25, 0.3) is 0 Å².